The Morgan fingerprint density at radius 3 is 2.22 bits per heavy atom. The molecule has 1 unspecified atom stereocenters. The maximum Gasteiger partial charge on any atom is 0.146 e. The minimum absolute atomic E-state index is 0.178. The van der Waals surface area contributed by atoms with Crippen LogP contribution in [0, 0.1) is 5.92 Å². The Kier molecular flexibility index (Phi) is 3.93. The molecule has 1 atom stereocenters. The summed E-state index contributed by atoms with van der Waals surface area (Å²) in [6, 6.07) is 8.33. The number of hydrogen-bond acceptors (Lipinski definition) is 3. The Bertz CT molecular complexity index is 382. The van der Waals surface area contributed by atoms with E-state index in [2.05, 4.69) is 26.0 Å². The van der Waals surface area contributed by atoms with Gasteiger partial charge in [0.1, 0.15) is 5.75 Å². The lowest BCUT2D eigenvalue weighted by molar-refractivity contribution is 0.178. The van der Waals surface area contributed by atoms with Crippen LogP contribution in [0.25, 0.3) is 0 Å². The molecule has 0 amide bonds. The maximum atomic E-state index is 6.46. The van der Waals surface area contributed by atoms with Gasteiger partial charge in [0.05, 0.1) is 0 Å². The summed E-state index contributed by atoms with van der Waals surface area (Å²) in [4.78, 5) is 4.73. The van der Waals surface area contributed by atoms with Crippen LogP contribution in [-0.2, 0) is 5.41 Å². The lowest BCUT2D eigenvalue weighted by atomic mass is 9.59. The highest BCUT2D eigenvalue weighted by Crippen LogP contribution is 2.47. The average molecular weight is 248 g/mol. The molecule has 100 valence electrons. The van der Waals surface area contributed by atoms with E-state index in [4.69, 9.17) is 16.5 Å². The smallest absolute Gasteiger partial charge is 0.146 e. The molecule has 1 aromatic carbocycles. The van der Waals surface area contributed by atoms with E-state index in [0.717, 1.165) is 6.42 Å². The molecule has 1 aliphatic carbocycles. The van der Waals surface area contributed by atoms with Gasteiger partial charge in [-0.05, 0) is 42.9 Å². The lowest BCUT2D eigenvalue weighted by Crippen LogP contribution is -2.50. The minimum Gasteiger partial charge on any atom is -0.412 e. The van der Waals surface area contributed by atoms with Crippen LogP contribution in [0.3, 0.4) is 0 Å². The predicted octanol–water partition coefficient (Wildman–Crippen LogP) is 2.73. The number of benzene rings is 1. The van der Waals surface area contributed by atoms with Gasteiger partial charge in [-0.15, -0.1) is 0 Å². The summed E-state index contributed by atoms with van der Waals surface area (Å²) >= 11 is 0. The van der Waals surface area contributed by atoms with E-state index in [0.29, 0.717) is 11.7 Å². The molecule has 0 aliphatic heterocycles. The van der Waals surface area contributed by atoms with Crippen molar-refractivity contribution in [1.82, 2.24) is 0 Å². The van der Waals surface area contributed by atoms with Gasteiger partial charge in [-0.25, -0.2) is 0 Å². The summed E-state index contributed by atoms with van der Waals surface area (Å²) in [5.74, 6) is 6.50. The fourth-order valence-electron chi connectivity index (χ4n) is 3.03. The van der Waals surface area contributed by atoms with Crippen LogP contribution < -0.4 is 16.5 Å². The van der Waals surface area contributed by atoms with E-state index in [1.165, 1.54) is 24.8 Å². The molecule has 0 saturated heterocycles. The minimum atomic E-state index is 0.178. The van der Waals surface area contributed by atoms with Crippen LogP contribution in [-0.4, -0.2) is 6.04 Å². The SMILES string of the molecule is CC(C)CC(N)C1(c2ccc(ON)cc2)CCC1. The fourth-order valence-corrected chi connectivity index (χ4v) is 3.03. The first-order valence-corrected chi connectivity index (χ1v) is 6.81. The first-order valence-electron chi connectivity index (χ1n) is 6.81. The van der Waals surface area contributed by atoms with Crippen molar-refractivity contribution in [2.24, 2.45) is 17.5 Å². The second kappa shape index (κ2) is 5.29. The Morgan fingerprint density at radius 1 is 1.22 bits per heavy atom. The third kappa shape index (κ3) is 2.38. The van der Waals surface area contributed by atoms with Gasteiger partial charge >= 0.3 is 0 Å². The molecule has 2 rings (SSSR count). The van der Waals surface area contributed by atoms with Crippen LogP contribution >= 0.6 is 0 Å². The molecule has 1 fully saturated rings. The largest absolute Gasteiger partial charge is 0.412 e. The summed E-state index contributed by atoms with van der Waals surface area (Å²) in [5.41, 5.74) is 7.98. The number of rotatable bonds is 5. The van der Waals surface area contributed by atoms with E-state index in [1.807, 2.05) is 12.1 Å². The molecule has 3 nitrogen and oxygen atoms in total. The van der Waals surface area contributed by atoms with Crippen molar-refractivity contribution < 1.29 is 4.84 Å². The molecule has 0 bridgehead atoms. The molecule has 1 aromatic rings. The zero-order valence-corrected chi connectivity index (χ0v) is 11.4. The molecule has 0 spiro atoms. The monoisotopic (exact) mass is 248 g/mol. The van der Waals surface area contributed by atoms with Gasteiger partial charge in [0.15, 0.2) is 0 Å². The summed E-state index contributed by atoms with van der Waals surface area (Å²) in [5, 5.41) is 0. The summed E-state index contributed by atoms with van der Waals surface area (Å²) in [6.45, 7) is 4.47. The molecule has 0 heterocycles. The standard InChI is InChI=1S/C15H24N2O/c1-11(2)10-14(16)15(8-3-9-15)12-4-6-13(18-17)7-5-12/h4-7,11,14H,3,8-10,16-17H2,1-2H3. The fraction of sp³-hybridized carbons (Fsp3) is 0.600. The quantitative estimate of drug-likeness (QED) is 0.788. The molecular formula is C15H24N2O. The molecular weight excluding hydrogens is 224 g/mol. The van der Waals surface area contributed by atoms with Crippen LogP contribution in [0.2, 0.25) is 0 Å². The summed E-state index contributed by atoms with van der Waals surface area (Å²) in [6.07, 6.45) is 4.75. The molecule has 0 radical (unpaired) electrons. The van der Waals surface area contributed by atoms with Crippen LogP contribution in [0.4, 0.5) is 0 Å². The van der Waals surface area contributed by atoms with E-state index in [9.17, 15) is 0 Å². The van der Waals surface area contributed by atoms with Gasteiger partial charge in [-0.2, -0.15) is 5.90 Å². The van der Waals surface area contributed by atoms with E-state index in [-0.39, 0.29) is 11.5 Å². The second-order valence-electron chi connectivity index (χ2n) is 5.89. The first kappa shape index (κ1) is 13.4. The topological polar surface area (TPSA) is 61.3 Å². The third-order valence-corrected chi connectivity index (χ3v) is 4.25. The summed E-state index contributed by atoms with van der Waals surface area (Å²) in [7, 11) is 0. The van der Waals surface area contributed by atoms with Gasteiger partial charge < -0.3 is 10.6 Å². The van der Waals surface area contributed by atoms with Gasteiger partial charge in [0.25, 0.3) is 0 Å². The van der Waals surface area contributed by atoms with Gasteiger partial charge in [0.2, 0.25) is 0 Å². The van der Waals surface area contributed by atoms with Crippen LogP contribution in [0.15, 0.2) is 24.3 Å². The molecule has 1 saturated carbocycles. The zero-order valence-electron chi connectivity index (χ0n) is 11.4. The van der Waals surface area contributed by atoms with Crippen molar-refractivity contribution in [2.75, 3.05) is 0 Å². The van der Waals surface area contributed by atoms with Crippen molar-refractivity contribution in [3.63, 3.8) is 0 Å². The molecule has 1 aliphatic rings. The normalized spacial score (nSPS) is 19.4. The lowest BCUT2D eigenvalue weighted by Gasteiger charge is -2.47. The van der Waals surface area contributed by atoms with Crippen molar-refractivity contribution >= 4 is 0 Å². The number of hydrogen-bond donors (Lipinski definition) is 2. The molecule has 18 heavy (non-hydrogen) atoms. The second-order valence-corrected chi connectivity index (χ2v) is 5.89. The van der Waals surface area contributed by atoms with Crippen molar-refractivity contribution in [3.05, 3.63) is 29.8 Å². The molecule has 4 N–H and O–H groups in total. The first-order chi connectivity index (χ1) is 8.58. The van der Waals surface area contributed by atoms with Crippen LogP contribution in [0.1, 0.15) is 45.1 Å². The van der Waals surface area contributed by atoms with Gasteiger partial charge in [0, 0.05) is 11.5 Å². The van der Waals surface area contributed by atoms with E-state index < -0.39 is 0 Å². The van der Waals surface area contributed by atoms with Crippen molar-refractivity contribution in [1.29, 1.82) is 0 Å². The Hall–Kier alpha value is -1.06. The highest BCUT2D eigenvalue weighted by Gasteiger charge is 2.43. The Morgan fingerprint density at radius 2 is 1.83 bits per heavy atom. The number of nitrogens with two attached hydrogens (primary N) is 2. The maximum absolute atomic E-state index is 6.46. The van der Waals surface area contributed by atoms with Gasteiger partial charge in [-0.1, -0.05) is 32.4 Å². The van der Waals surface area contributed by atoms with Gasteiger partial charge in [-0.3, -0.25) is 0 Å². The van der Waals surface area contributed by atoms with Crippen molar-refractivity contribution in [2.45, 2.75) is 51.0 Å². The summed E-state index contributed by atoms with van der Waals surface area (Å²) < 4.78 is 0. The van der Waals surface area contributed by atoms with E-state index >= 15 is 0 Å². The Balaban J connectivity index is 2.20. The Labute approximate surface area is 109 Å². The highest BCUT2D eigenvalue weighted by molar-refractivity contribution is 5.35. The average Bonchev–Trinajstić information content (AvgIpc) is 2.27. The zero-order chi connectivity index (χ0) is 13.2. The van der Waals surface area contributed by atoms with Crippen LogP contribution in [0.5, 0.6) is 5.75 Å². The predicted molar refractivity (Wildman–Crippen MR) is 74.2 cm³/mol. The molecule has 3 heteroatoms. The van der Waals surface area contributed by atoms with E-state index in [1.54, 1.807) is 0 Å². The highest BCUT2D eigenvalue weighted by atomic mass is 16.6. The van der Waals surface area contributed by atoms with Crippen molar-refractivity contribution in [3.8, 4) is 5.75 Å². The molecule has 0 aromatic heterocycles. The third-order valence-electron chi connectivity index (χ3n) is 4.25.